The van der Waals surface area contributed by atoms with E-state index < -0.39 is 18.4 Å². The van der Waals surface area contributed by atoms with Crippen LogP contribution < -0.4 is 11.1 Å². The molecule has 0 fully saturated rings. The summed E-state index contributed by atoms with van der Waals surface area (Å²) >= 11 is 0. The number of carbonyl (C=O) groups excluding carboxylic acids is 2. The van der Waals surface area contributed by atoms with Crippen LogP contribution in [0.25, 0.3) is 11.3 Å². The second kappa shape index (κ2) is 9.49. The van der Waals surface area contributed by atoms with E-state index in [1.165, 1.54) is 13.2 Å². The lowest BCUT2D eigenvalue weighted by Gasteiger charge is -2.15. The molecule has 0 spiro atoms. The third-order valence-electron chi connectivity index (χ3n) is 4.44. The SMILES string of the molecule is CN(CC(=O)O)C(=O)c1nc(-c2cccc(C(=O)NCc3ccccc3)c2)cnc1N. The van der Waals surface area contributed by atoms with Crippen molar-refractivity contribution in [2.45, 2.75) is 6.54 Å². The van der Waals surface area contributed by atoms with Crippen LogP contribution in [0.5, 0.6) is 0 Å². The van der Waals surface area contributed by atoms with Crippen LogP contribution in [0.4, 0.5) is 5.82 Å². The summed E-state index contributed by atoms with van der Waals surface area (Å²) in [7, 11) is 1.34. The summed E-state index contributed by atoms with van der Waals surface area (Å²) in [4.78, 5) is 45.2. The third kappa shape index (κ3) is 5.41. The largest absolute Gasteiger partial charge is 0.480 e. The first-order valence-electron chi connectivity index (χ1n) is 9.37. The van der Waals surface area contributed by atoms with Gasteiger partial charge in [0.25, 0.3) is 11.8 Å². The van der Waals surface area contributed by atoms with Gasteiger partial charge in [0.1, 0.15) is 6.54 Å². The molecule has 9 nitrogen and oxygen atoms in total. The maximum Gasteiger partial charge on any atom is 0.323 e. The molecule has 0 atom stereocenters. The van der Waals surface area contributed by atoms with Crippen LogP contribution in [0, 0.1) is 0 Å². The number of hydrogen-bond donors (Lipinski definition) is 3. The number of aliphatic carboxylic acids is 1. The molecule has 31 heavy (non-hydrogen) atoms. The summed E-state index contributed by atoms with van der Waals surface area (Å²) < 4.78 is 0. The lowest BCUT2D eigenvalue weighted by Crippen LogP contribution is -2.33. The Morgan fingerprint density at radius 1 is 1.10 bits per heavy atom. The Morgan fingerprint density at radius 2 is 1.84 bits per heavy atom. The van der Waals surface area contributed by atoms with Gasteiger partial charge in [0, 0.05) is 24.7 Å². The zero-order valence-corrected chi connectivity index (χ0v) is 16.8. The van der Waals surface area contributed by atoms with E-state index >= 15 is 0 Å². The van der Waals surface area contributed by atoms with Crippen LogP contribution in [0.2, 0.25) is 0 Å². The first-order valence-corrected chi connectivity index (χ1v) is 9.37. The van der Waals surface area contributed by atoms with Crippen LogP contribution in [0.3, 0.4) is 0 Å². The minimum absolute atomic E-state index is 0.109. The lowest BCUT2D eigenvalue weighted by atomic mass is 10.1. The molecular weight excluding hydrogens is 398 g/mol. The van der Waals surface area contributed by atoms with Crippen molar-refractivity contribution in [1.29, 1.82) is 0 Å². The monoisotopic (exact) mass is 419 g/mol. The summed E-state index contributed by atoms with van der Waals surface area (Å²) in [6, 6.07) is 16.3. The smallest absolute Gasteiger partial charge is 0.323 e. The maximum absolute atomic E-state index is 12.5. The molecule has 3 aromatic rings. The topological polar surface area (TPSA) is 139 Å². The zero-order valence-electron chi connectivity index (χ0n) is 16.8. The summed E-state index contributed by atoms with van der Waals surface area (Å²) in [5.74, 6) is -2.19. The van der Waals surface area contributed by atoms with E-state index in [9.17, 15) is 14.4 Å². The molecule has 9 heteroatoms. The van der Waals surface area contributed by atoms with Gasteiger partial charge in [-0.1, -0.05) is 42.5 Å². The number of nitrogens with one attached hydrogen (secondary N) is 1. The van der Waals surface area contributed by atoms with E-state index in [0.29, 0.717) is 23.4 Å². The number of amides is 2. The van der Waals surface area contributed by atoms with Crippen molar-refractivity contribution < 1.29 is 19.5 Å². The molecule has 0 saturated heterocycles. The number of aromatic nitrogens is 2. The van der Waals surface area contributed by atoms with Crippen molar-refractivity contribution in [2.24, 2.45) is 0 Å². The fraction of sp³-hybridized carbons (Fsp3) is 0.136. The number of hydrogen-bond acceptors (Lipinski definition) is 6. The van der Waals surface area contributed by atoms with Crippen molar-refractivity contribution in [2.75, 3.05) is 19.3 Å². The molecule has 0 aliphatic rings. The number of nitrogens with two attached hydrogens (primary N) is 1. The standard InChI is InChI=1S/C22H21N5O4/c1-27(13-18(28)29)22(31)19-20(23)24-12-17(26-19)15-8-5-9-16(10-15)21(30)25-11-14-6-3-2-4-7-14/h2-10,12H,11,13H2,1H3,(H2,23,24)(H,25,30)(H,28,29). The van der Waals surface area contributed by atoms with E-state index in [1.54, 1.807) is 24.3 Å². The van der Waals surface area contributed by atoms with Gasteiger partial charge in [-0.3, -0.25) is 14.4 Å². The fourth-order valence-electron chi connectivity index (χ4n) is 2.85. The maximum atomic E-state index is 12.5. The van der Waals surface area contributed by atoms with E-state index in [2.05, 4.69) is 15.3 Å². The van der Waals surface area contributed by atoms with E-state index in [0.717, 1.165) is 10.5 Å². The lowest BCUT2D eigenvalue weighted by molar-refractivity contribution is -0.137. The molecule has 0 aliphatic heterocycles. The summed E-state index contributed by atoms with van der Waals surface area (Å²) in [5, 5.41) is 11.7. The number of nitrogens with zero attached hydrogens (tertiary/aromatic N) is 3. The van der Waals surface area contributed by atoms with Gasteiger partial charge in [0.15, 0.2) is 11.5 Å². The molecule has 1 heterocycles. The normalized spacial score (nSPS) is 10.4. The Hall–Kier alpha value is -4.27. The molecular formula is C22H21N5O4. The zero-order chi connectivity index (χ0) is 22.4. The Balaban J connectivity index is 1.81. The van der Waals surface area contributed by atoms with Crippen molar-refractivity contribution in [3.05, 3.63) is 77.6 Å². The van der Waals surface area contributed by atoms with Gasteiger partial charge in [-0.2, -0.15) is 0 Å². The highest BCUT2D eigenvalue weighted by Gasteiger charge is 2.20. The molecule has 0 aliphatic carbocycles. The second-order valence-electron chi connectivity index (χ2n) is 6.79. The van der Waals surface area contributed by atoms with Crippen molar-refractivity contribution in [3.8, 4) is 11.3 Å². The highest BCUT2D eigenvalue weighted by molar-refractivity contribution is 5.98. The molecule has 0 radical (unpaired) electrons. The Labute approximate surface area is 178 Å². The number of carboxylic acids is 1. The number of benzene rings is 2. The molecule has 1 aromatic heterocycles. The average molecular weight is 419 g/mol. The van der Waals surface area contributed by atoms with Gasteiger partial charge >= 0.3 is 5.97 Å². The van der Waals surface area contributed by atoms with Crippen molar-refractivity contribution >= 4 is 23.6 Å². The summed E-state index contributed by atoms with van der Waals surface area (Å²) in [6.45, 7) is -0.110. The summed E-state index contributed by atoms with van der Waals surface area (Å²) in [6.07, 6.45) is 1.39. The molecule has 2 amide bonds. The number of rotatable bonds is 7. The molecule has 0 bridgehead atoms. The van der Waals surface area contributed by atoms with Gasteiger partial charge < -0.3 is 21.1 Å². The van der Waals surface area contributed by atoms with Crippen LogP contribution in [-0.4, -0.2) is 51.4 Å². The number of carbonyl (C=O) groups is 3. The van der Waals surface area contributed by atoms with E-state index in [-0.39, 0.29) is 17.4 Å². The fourth-order valence-corrected chi connectivity index (χ4v) is 2.85. The molecule has 0 saturated carbocycles. The number of nitrogen functional groups attached to an aromatic ring is 1. The van der Waals surface area contributed by atoms with Gasteiger partial charge in [-0.15, -0.1) is 0 Å². The minimum Gasteiger partial charge on any atom is -0.480 e. The van der Waals surface area contributed by atoms with Crippen LogP contribution >= 0.6 is 0 Å². The number of anilines is 1. The van der Waals surface area contributed by atoms with Gasteiger partial charge in [-0.25, -0.2) is 9.97 Å². The molecule has 158 valence electrons. The molecule has 0 unspecified atom stereocenters. The van der Waals surface area contributed by atoms with Crippen molar-refractivity contribution in [3.63, 3.8) is 0 Å². The van der Waals surface area contributed by atoms with Crippen LogP contribution in [0.15, 0.2) is 60.8 Å². The molecule has 2 aromatic carbocycles. The second-order valence-corrected chi connectivity index (χ2v) is 6.79. The summed E-state index contributed by atoms with van der Waals surface area (Å²) in [5.41, 5.74) is 7.92. The van der Waals surface area contributed by atoms with Crippen molar-refractivity contribution in [1.82, 2.24) is 20.2 Å². The van der Waals surface area contributed by atoms with Gasteiger partial charge in [0.05, 0.1) is 11.9 Å². The molecule has 3 rings (SSSR count). The number of carboxylic acid groups (broad SMARTS) is 1. The minimum atomic E-state index is -1.16. The average Bonchev–Trinajstić information content (AvgIpc) is 2.77. The first kappa shape index (κ1) is 21.4. The third-order valence-corrected chi connectivity index (χ3v) is 4.44. The van der Waals surface area contributed by atoms with E-state index in [1.807, 2.05) is 30.3 Å². The van der Waals surface area contributed by atoms with E-state index in [4.69, 9.17) is 10.8 Å². The predicted octanol–water partition coefficient (Wildman–Crippen LogP) is 1.81. The van der Waals surface area contributed by atoms with Gasteiger partial charge in [-0.05, 0) is 17.7 Å². The Bertz CT molecular complexity index is 1120. The van der Waals surface area contributed by atoms with Gasteiger partial charge in [0.2, 0.25) is 0 Å². The Morgan fingerprint density at radius 3 is 2.55 bits per heavy atom. The number of likely N-dealkylation sites (N-methyl/N-ethyl adjacent to an activating group) is 1. The first-order chi connectivity index (χ1) is 14.8. The Kier molecular flexibility index (Phi) is 6.56. The predicted molar refractivity (Wildman–Crippen MR) is 114 cm³/mol. The quantitative estimate of drug-likeness (QED) is 0.531. The van der Waals surface area contributed by atoms with Crippen LogP contribution in [-0.2, 0) is 11.3 Å². The highest BCUT2D eigenvalue weighted by atomic mass is 16.4. The molecule has 4 N–H and O–H groups in total. The highest BCUT2D eigenvalue weighted by Crippen LogP contribution is 2.20. The van der Waals surface area contributed by atoms with Crippen LogP contribution in [0.1, 0.15) is 26.4 Å².